The van der Waals surface area contributed by atoms with Crippen LogP contribution >= 0.6 is 0 Å². The Morgan fingerprint density at radius 2 is 1.88 bits per heavy atom. The maximum absolute atomic E-state index is 12.0. The van der Waals surface area contributed by atoms with Crippen LogP contribution in [0, 0.1) is 0 Å². The van der Waals surface area contributed by atoms with Crippen molar-refractivity contribution in [1.29, 1.82) is 0 Å². The molecule has 1 N–H and O–H groups in total. The average Bonchev–Trinajstić information content (AvgIpc) is 2.32. The number of aryl methyl sites for hydroxylation is 1. The van der Waals surface area contributed by atoms with Crippen LogP contribution in [0.2, 0.25) is 0 Å². The molecule has 2 nitrogen and oxygen atoms in total. The maximum Gasteiger partial charge on any atom is 0.179 e. The van der Waals surface area contributed by atoms with Crippen molar-refractivity contribution in [2.45, 2.75) is 39.2 Å². The fourth-order valence-electron chi connectivity index (χ4n) is 1.85. The lowest BCUT2D eigenvalue weighted by Crippen LogP contribution is -2.33. The number of Topliss-reactive ketones (excluding diaryl/α,β-unsaturated/α-hetero) is 1. The zero-order valence-electron chi connectivity index (χ0n) is 10.4. The first-order valence-electron chi connectivity index (χ1n) is 6.03. The molecular formula is C14H21NO. The number of rotatable bonds is 6. The van der Waals surface area contributed by atoms with Gasteiger partial charge < -0.3 is 5.32 Å². The fraction of sp³-hybridized carbons (Fsp3) is 0.500. The SMILES string of the molecule is CCCc1ccc(C(=O)C(CC)NC)cc1. The Morgan fingerprint density at radius 3 is 2.31 bits per heavy atom. The second kappa shape index (κ2) is 6.44. The van der Waals surface area contributed by atoms with E-state index in [9.17, 15) is 4.79 Å². The summed E-state index contributed by atoms with van der Waals surface area (Å²) in [5.74, 6) is 0.188. The lowest BCUT2D eigenvalue weighted by molar-refractivity contribution is 0.0945. The van der Waals surface area contributed by atoms with Gasteiger partial charge in [-0.05, 0) is 25.5 Å². The molecule has 88 valence electrons. The second-order valence-electron chi connectivity index (χ2n) is 4.06. The molecule has 0 bridgehead atoms. The molecule has 1 aromatic carbocycles. The lowest BCUT2D eigenvalue weighted by Gasteiger charge is -2.12. The molecule has 0 radical (unpaired) electrons. The highest BCUT2D eigenvalue weighted by atomic mass is 16.1. The van der Waals surface area contributed by atoms with Crippen molar-refractivity contribution >= 4 is 5.78 Å². The van der Waals surface area contributed by atoms with Gasteiger partial charge in [-0.15, -0.1) is 0 Å². The Bertz CT molecular complexity index is 325. The number of carbonyl (C=O) groups excluding carboxylic acids is 1. The molecule has 0 fully saturated rings. The molecule has 0 spiro atoms. The van der Waals surface area contributed by atoms with Gasteiger partial charge in [-0.25, -0.2) is 0 Å². The van der Waals surface area contributed by atoms with Crippen LogP contribution in [0.25, 0.3) is 0 Å². The van der Waals surface area contributed by atoms with Gasteiger partial charge in [-0.2, -0.15) is 0 Å². The van der Waals surface area contributed by atoms with Crippen LogP contribution in [-0.2, 0) is 6.42 Å². The minimum atomic E-state index is -0.0583. The van der Waals surface area contributed by atoms with E-state index in [1.807, 2.05) is 26.1 Å². The van der Waals surface area contributed by atoms with Crippen LogP contribution in [0.3, 0.4) is 0 Å². The Labute approximate surface area is 98.1 Å². The van der Waals surface area contributed by atoms with Gasteiger partial charge in [-0.3, -0.25) is 4.79 Å². The number of hydrogen-bond acceptors (Lipinski definition) is 2. The number of ketones is 1. The smallest absolute Gasteiger partial charge is 0.179 e. The third-order valence-corrected chi connectivity index (χ3v) is 2.85. The number of carbonyl (C=O) groups is 1. The molecule has 1 atom stereocenters. The van der Waals surface area contributed by atoms with Crippen molar-refractivity contribution in [3.05, 3.63) is 35.4 Å². The Kier molecular flexibility index (Phi) is 5.20. The van der Waals surface area contributed by atoms with E-state index in [-0.39, 0.29) is 11.8 Å². The van der Waals surface area contributed by atoms with Crippen molar-refractivity contribution in [2.75, 3.05) is 7.05 Å². The van der Waals surface area contributed by atoms with E-state index in [0.717, 1.165) is 24.8 Å². The van der Waals surface area contributed by atoms with Crippen LogP contribution in [0.5, 0.6) is 0 Å². The fourth-order valence-corrected chi connectivity index (χ4v) is 1.85. The summed E-state index contributed by atoms with van der Waals surface area (Å²) in [6.45, 7) is 4.18. The molecule has 0 aliphatic rings. The largest absolute Gasteiger partial charge is 0.310 e. The summed E-state index contributed by atoms with van der Waals surface area (Å²) >= 11 is 0. The van der Waals surface area contributed by atoms with Gasteiger partial charge in [-0.1, -0.05) is 44.5 Å². The molecule has 0 heterocycles. The standard InChI is InChI=1S/C14H21NO/c1-4-6-11-7-9-12(10-8-11)14(16)13(5-2)15-3/h7-10,13,15H,4-6H2,1-3H3. The van der Waals surface area contributed by atoms with E-state index in [0.29, 0.717) is 0 Å². The summed E-state index contributed by atoms with van der Waals surface area (Å²) in [6, 6.07) is 7.93. The van der Waals surface area contributed by atoms with E-state index in [1.54, 1.807) is 0 Å². The van der Waals surface area contributed by atoms with E-state index in [1.165, 1.54) is 5.56 Å². The van der Waals surface area contributed by atoms with Gasteiger partial charge in [0, 0.05) is 5.56 Å². The zero-order chi connectivity index (χ0) is 12.0. The molecule has 2 heteroatoms. The molecular weight excluding hydrogens is 198 g/mol. The molecule has 0 aliphatic heterocycles. The summed E-state index contributed by atoms with van der Waals surface area (Å²) in [4.78, 5) is 12.0. The number of nitrogens with one attached hydrogen (secondary N) is 1. The number of hydrogen-bond donors (Lipinski definition) is 1. The normalized spacial score (nSPS) is 12.4. The Balaban J connectivity index is 2.76. The summed E-state index contributed by atoms with van der Waals surface area (Å²) in [5.41, 5.74) is 2.11. The molecule has 0 aliphatic carbocycles. The molecule has 16 heavy (non-hydrogen) atoms. The minimum Gasteiger partial charge on any atom is -0.310 e. The van der Waals surface area contributed by atoms with Crippen molar-refractivity contribution < 1.29 is 4.79 Å². The molecule has 0 saturated heterocycles. The summed E-state index contributed by atoms with van der Waals surface area (Å²) < 4.78 is 0. The predicted molar refractivity (Wildman–Crippen MR) is 67.9 cm³/mol. The summed E-state index contributed by atoms with van der Waals surface area (Å²) in [5, 5.41) is 3.04. The average molecular weight is 219 g/mol. The van der Waals surface area contributed by atoms with Gasteiger partial charge in [0.15, 0.2) is 5.78 Å². The molecule has 0 aromatic heterocycles. The molecule has 0 amide bonds. The highest BCUT2D eigenvalue weighted by Gasteiger charge is 2.15. The van der Waals surface area contributed by atoms with Crippen LogP contribution in [0.15, 0.2) is 24.3 Å². The predicted octanol–water partition coefficient (Wildman–Crippen LogP) is 2.82. The topological polar surface area (TPSA) is 29.1 Å². The quantitative estimate of drug-likeness (QED) is 0.745. The highest BCUT2D eigenvalue weighted by molar-refractivity contribution is 6.00. The molecule has 1 aromatic rings. The van der Waals surface area contributed by atoms with E-state index >= 15 is 0 Å². The maximum atomic E-state index is 12.0. The van der Waals surface area contributed by atoms with Crippen LogP contribution in [0.1, 0.15) is 42.6 Å². The lowest BCUT2D eigenvalue weighted by atomic mass is 10.00. The Morgan fingerprint density at radius 1 is 1.25 bits per heavy atom. The van der Waals surface area contributed by atoms with Crippen molar-refractivity contribution in [3.8, 4) is 0 Å². The van der Waals surface area contributed by atoms with Crippen molar-refractivity contribution in [1.82, 2.24) is 5.32 Å². The second-order valence-corrected chi connectivity index (χ2v) is 4.06. The first-order valence-corrected chi connectivity index (χ1v) is 6.03. The van der Waals surface area contributed by atoms with Gasteiger partial charge in [0.25, 0.3) is 0 Å². The number of likely N-dealkylation sites (N-methyl/N-ethyl adjacent to an activating group) is 1. The molecule has 1 rings (SSSR count). The van der Waals surface area contributed by atoms with Crippen molar-refractivity contribution in [2.24, 2.45) is 0 Å². The summed E-state index contributed by atoms with van der Waals surface area (Å²) in [7, 11) is 1.83. The van der Waals surface area contributed by atoms with E-state index in [2.05, 4.69) is 24.4 Å². The first-order chi connectivity index (χ1) is 7.72. The highest BCUT2D eigenvalue weighted by Crippen LogP contribution is 2.10. The zero-order valence-corrected chi connectivity index (χ0v) is 10.4. The van der Waals surface area contributed by atoms with Gasteiger partial charge in [0.1, 0.15) is 0 Å². The third-order valence-electron chi connectivity index (χ3n) is 2.85. The van der Waals surface area contributed by atoms with Gasteiger partial charge in [0.2, 0.25) is 0 Å². The first kappa shape index (κ1) is 12.9. The Hall–Kier alpha value is -1.15. The third kappa shape index (κ3) is 3.17. The number of benzene rings is 1. The summed E-state index contributed by atoms with van der Waals surface area (Å²) in [6.07, 6.45) is 3.05. The van der Waals surface area contributed by atoms with Crippen LogP contribution < -0.4 is 5.32 Å². The van der Waals surface area contributed by atoms with E-state index < -0.39 is 0 Å². The van der Waals surface area contributed by atoms with E-state index in [4.69, 9.17) is 0 Å². The van der Waals surface area contributed by atoms with Crippen LogP contribution in [0.4, 0.5) is 0 Å². The minimum absolute atomic E-state index is 0.0583. The van der Waals surface area contributed by atoms with Crippen LogP contribution in [-0.4, -0.2) is 18.9 Å². The monoisotopic (exact) mass is 219 g/mol. The molecule has 1 unspecified atom stereocenters. The van der Waals surface area contributed by atoms with Crippen molar-refractivity contribution in [3.63, 3.8) is 0 Å². The van der Waals surface area contributed by atoms with Gasteiger partial charge >= 0.3 is 0 Å². The van der Waals surface area contributed by atoms with Gasteiger partial charge in [0.05, 0.1) is 6.04 Å². The molecule has 0 saturated carbocycles.